The molecule has 4 heteroatoms. The van der Waals surface area contributed by atoms with Gasteiger partial charge in [0, 0.05) is 12.2 Å². The van der Waals surface area contributed by atoms with Crippen LogP contribution in [-0.4, -0.2) is 17.4 Å². The zero-order valence-electron chi connectivity index (χ0n) is 15.0. The van der Waals surface area contributed by atoms with E-state index in [0.29, 0.717) is 18.2 Å². The molecule has 128 valence electrons. The Balaban J connectivity index is 2.14. The molecule has 1 heterocycles. The maximum atomic E-state index is 12.0. The molecule has 0 saturated heterocycles. The van der Waals surface area contributed by atoms with E-state index in [2.05, 4.69) is 61.5 Å². The molecule has 24 heavy (non-hydrogen) atoms. The second kappa shape index (κ2) is 8.48. The molecule has 2 rings (SSSR count). The summed E-state index contributed by atoms with van der Waals surface area (Å²) >= 11 is 0. The average Bonchev–Trinajstić information content (AvgIpc) is 2.60. The van der Waals surface area contributed by atoms with Crippen molar-refractivity contribution in [2.24, 2.45) is 5.92 Å². The van der Waals surface area contributed by atoms with Gasteiger partial charge in [0.05, 0.1) is 11.9 Å². The van der Waals surface area contributed by atoms with Crippen LogP contribution in [0.1, 0.15) is 49.3 Å². The zero-order valence-corrected chi connectivity index (χ0v) is 15.0. The van der Waals surface area contributed by atoms with E-state index in [1.165, 1.54) is 11.1 Å². The number of hydrogen-bond donors (Lipinski definition) is 2. The van der Waals surface area contributed by atoms with E-state index in [4.69, 9.17) is 0 Å². The third kappa shape index (κ3) is 4.57. The summed E-state index contributed by atoms with van der Waals surface area (Å²) in [6.45, 7) is 9.10. The van der Waals surface area contributed by atoms with Crippen LogP contribution in [0.2, 0.25) is 0 Å². The lowest BCUT2D eigenvalue weighted by molar-refractivity contribution is 0.0944. The fraction of sp³-hybridized carbons (Fsp3) is 0.400. The minimum absolute atomic E-state index is 0.126. The van der Waals surface area contributed by atoms with Crippen molar-refractivity contribution in [2.75, 3.05) is 11.9 Å². The molecular formula is C20H27N3O. The number of pyridine rings is 1. The molecular weight excluding hydrogens is 298 g/mol. The molecule has 1 aromatic carbocycles. The molecule has 0 unspecified atom stereocenters. The average molecular weight is 325 g/mol. The van der Waals surface area contributed by atoms with Crippen molar-refractivity contribution in [3.63, 3.8) is 0 Å². The Labute approximate surface area is 144 Å². The van der Waals surface area contributed by atoms with Gasteiger partial charge in [-0.15, -0.1) is 0 Å². The molecule has 0 aliphatic carbocycles. The van der Waals surface area contributed by atoms with Crippen LogP contribution in [0.4, 0.5) is 11.4 Å². The molecule has 1 aromatic heterocycles. The summed E-state index contributed by atoms with van der Waals surface area (Å²) < 4.78 is 0. The molecule has 4 nitrogen and oxygen atoms in total. The number of para-hydroxylation sites is 1. The van der Waals surface area contributed by atoms with Crippen LogP contribution in [0.3, 0.4) is 0 Å². The number of aryl methyl sites for hydroxylation is 2. The lowest BCUT2D eigenvalue weighted by atomic mass is 10.0. The summed E-state index contributed by atoms with van der Waals surface area (Å²) in [5, 5.41) is 6.35. The number of nitrogens with one attached hydrogen (secondary N) is 2. The van der Waals surface area contributed by atoms with Crippen LogP contribution in [0, 0.1) is 5.92 Å². The number of nitrogens with zero attached hydrogens (tertiary/aromatic N) is 1. The maximum Gasteiger partial charge on any atom is 0.269 e. The first kappa shape index (κ1) is 18.0. The molecule has 0 aliphatic rings. The summed E-state index contributed by atoms with van der Waals surface area (Å²) in [5.41, 5.74) is 5.06. The first-order valence-corrected chi connectivity index (χ1v) is 8.67. The van der Waals surface area contributed by atoms with Crippen LogP contribution in [0.15, 0.2) is 36.5 Å². The maximum absolute atomic E-state index is 12.0. The molecule has 0 radical (unpaired) electrons. The Bertz CT molecular complexity index is 656. The standard InChI is InChI=1S/C20H27N3O/c1-5-15-8-7-9-16(6-2)19(15)23-17-10-11-18(21-13-17)20(24)22-12-14(3)4/h7-11,13-14,23H,5-6,12H2,1-4H3,(H,22,24). The van der Waals surface area contributed by atoms with Gasteiger partial charge >= 0.3 is 0 Å². The second-order valence-corrected chi connectivity index (χ2v) is 6.32. The monoisotopic (exact) mass is 325 g/mol. The van der Waals surface area contributed by atoms with Crippen molar-refractivity contribution in [2.45, 2.75) is 40.5 Å². The van der Waals surface area contributed by atoms with Crippen molar-refractivity contribution < 1.29 is 4.79 Å². The molecule has 2 aromatic rings. The van der Waals surface area contributed by atoms with Gasteiger partial charge < -0.3 is 10.6 Å². The highest BCUT2D eigenvalue weighted by Crippen LogP contribution is 2.26. The summed E-state index contributed by atoms with van der Waals surface area (Å²) in [4.78, 5) is 16.3. The summed E-state index contributed by atoms with van der Waals surface area (Å²) in [6, 6.07) is 10.1. The van der Waals surface area contributed by atoms with Crippen molar-refractivity contribution in [3.05, 3.63) is 53.3 Å². The summed E-state index contributed by atoms with van der Waals surface area (Å²) in [5.74, 6) is 0.298. The number of anilines is 2. The number of benzene rings is 1. The normalized spacial score (nSPS) is 10.7. The third-order valence-electron chi connectivity index (χ3n) is 3.94. The minimum Gasteiger partial charge on any atom is -0.354 e. The van der Waals surface area contributed by atoms with E-state index in [9.17, 15) is 4.79 Å². The molecule has 1 amide bonds. The van der Waals surface area contributed by atoms with E-state index < -0.39 is 0 Å². The van der Waals surface area contributed by atoms with Gasteiger partial charge in [-0.3, -0.25) is 4.79 Å². The van der Waals surface area contributed by atoms with Crippen LogP contribution in [0.25, 0.3) is 0 Å². The van der Waals surface area contributed by atoms with Gasteiger partial charge in [0.25, 0.3) is 5.91 Å². The molecule has 0 aliphatic heterocycles. The predicted molar refractivity (Wildman–Crippen MR) is 99.9 cm³/mol. The van der Waals surface area contributed by atoms with Crippen LogP contribution < -0.4 is 10.6 Å². The van der Waals surface area contributed by atoms with Crippen molar-refractivity contribution >= 4 is 17.3 Å². The Morgan fingerprint density at radius 3 is 2.25 bits per heavy atom. The number of aromatic nitrogens is 1. The van der Waals surface area contributed by atoms with E-state index in [1.54, 1.807) is 12.3 Å². The first-order chi connectivity index (χ1) is 11.5. The van der Waals surface area contributed by atoms with Gasteiger partial charge in [-0.2, -0.15) is 0 Å². The summed E-state index contributed by atoms with van der Waals surface area (Å²) in [7, 11) is 0. The van der Waals surface area contributed by atoms with Crippen molar-refractivity contribution in [1.29, 1.82) is 0 Å². The van der Waals surface area contributed by atoms with Gasteiger partial charge in [0.15, 0.2) is 0 Å². The molecule has 0 saturated carbocycles. The Morgan fingerprint density at radius 1 is 1.08 bits per heavy atom. The van der Waals surface area contributed by atoms with E-state index in [1.807, 2.05) is 6.07 Å². The number of carbonyl (C=O) groups is 1. The number of carbonyl (C=O) groups excluding carboxylic acids is 1. The third-order valence-corrected chi connectivity index (χ3v) is 3.94. The quantitative estimate of drug-likeness (QED) is 0.796. The highest BCUT2D eigenvalue weighted by Gasteiger charge is 2.09. The van der Waals surface area contributed by atoms with Crippen LogP contribution >= 0.6 is 0 Å². The Kier molecular flexibility index (Phi) is 6.36. The molecule has 0 atom stereocenters. The molecule has 0 bridgehead atoms. The Hall–Kier alpha value is -2.36. The highest BCUT2D eigenvalue weighted by molar-refractivity contribution is 5.92. The second-order valence-electron chi connectivity index (χ2n) is 6.32. The Morgan fingerprint density at radius 2 is 1.75 bits per heavy atom. The lowest BCUT2D eigenvalue weighted by Crippen LogP contribution is -2.27. The smallest absolute Gasteiger partial charge is 0.269 e. The molecule has 0 fully saturated rings. The number of amides is 1. The first-order valence-electron chi connectivity index (χ1n) is 8.67. The highest BCUT2D eigenvalue weighted by atomic mass is 16.1. The van der Waals surface area contributed by atoms with Crippen molar-refractivity contribution in [3.8, 4) is 0 Å². The van der Waals surface area contributed by atoms with Gasteiger partial charge in [-0.1, -0.05) is 45.9 Å². The molecule has 2 N–H and O–H groups in total. The number of rotatable bonds is 7. The fourth-order valence-electron chi connectivity index (χ4n) is 2.54. The van der Waals surface area contributed by atoms with Gasteiger partial charge in [0.1, 0.15) is 5.69 Å². The fourth-order valence-corrected chi connectivity index (χ4v) is 2.54. The van der Waals surface area contributed by atoms with Gasteiger partial charge in [-0.05, 0) is 42.0 Å². The van der Waals surface area contributed by atoms with Gasteiger partial charge in [0.2, 0.25) is 0 Å². The summed E-state index contributed by atoms with van der Waals surface area (Å²) in [6.07, 6.45) is 3.66. The van der Waals surface area contributed by atoms with Crippen LogP contribution in [0.5, 0.6) is 0 Å². The minimum atomic E-state index is -0.126. The van der Waals surface area contributed by atoms with E-state index >= 15 is 0 Å². The molecule has 0 spiro atoms. The van der Waals surface area contributed by atoms with Crippen molar-refractivity contribution in [1.82, 2.24) is 10.3 Å². The van der Waals surface area contributed by atoms with Crippen LogP contribution in [-0.2, 0) is 12.8 Å². The predicted octanol–water partition coefficient (Wildman–Crippen LogP) is 4.34. The topological polar surface area (TPSA) is 54.0 Å². The van der Waals surface area contributed by atoms with E-state index in [-0.39, 0.29) is 5.91 Å². The SMILES string of the molecule is CCc1cccc(CC)c1Nc1ccc(C(=O)NCC(C)C)nc1. The largest absolute Gasteiger partial charge is 0.354 e. The van der Waals surface area contributed by atoms with Gasteiger partial charge in [-0.25, -0.2) is 4.98 Å². The number of hydrogen-bond acceptors (Lipinski definition) is 3. The lowest BCUT2D eigenvalue weighted by Gasteiger charge is -2.15. The van der Waals surface area contributed by atoms with E-state index in [0.717, 1.165) is 24.2 Å². The zero-order chi connectivity index (χ0) is 17.5.